The van der Waals surface area contributed by atoms with Gasteiger partial charge < -0.3 is 15.8 Å². The lowest BCUT2D eigenvalue weighted by molar-refractivity contribution is -0.117. The van der Waals surface area contributed by atoms with Gasteiger partial charge in [-0.1, -0.05) is 6.07 Å². The summed E-state index contributed by atoms with van der Waals surface area (Å²) in [6.45, 7) is 0.652. The van der Waals surface area contributed by atoms with Gasteiger partial charge in [0.2, 0.25) is 11.8 Å². The summed E-state index contributed by atoms with van der Waals surface area (Å²) in [5, 5.41) is 2.86. The van der Waals surface area contributed by atoms with E-state index in [1.54, 1.807) is 13.2 Å². The standard InChI is InChI=1S/C9H13N3O2/c1-14-9-4-2-3-7(12-9)5-11-6-8(10)13/h2-4,11H,5-6H2,1H3,(H2,10,13). The van der Waals surface area contributed by atoms with Crippen molar-refractivity contribution in [1.29, 1.82) is 0 Å². The Morgan fingerprint density at radius 2 is 2.43 bits per heavy atom. The highest BCUT2D eigenvalue weighted by molar-refractivity contribution is 5.75. The van der Waals surface area contributed by atoms with Crippen molar-refractivity contribution in [2.24, 2.45) is 5.73 Å². The number of carbonyl (C=O) groups excluding carboxylic acids is 1. The van der Waals surface area contributed by atoms with Crippen LogP contribution in [0.1, 0.15) is 5.69 Å². The average molecular weight is 195 g/mol. The fourth-order valence-corrected chi connectivity index (χ4v) is 0.983. The molecule has 14 heavy (non-hydrogen) atoms. The number of ether oxygens (including phenoxy) is 1. The smallest absolute Gasteiger partial charge is 0.231 e. The van der Waals surface area contributed by atoms with E-state index in [1.807, 2.05) is 12.1 Å². The molecule has 1 amide bonds. The van der Waals surface area contributed by atoms with E-state index in [4.69, 9.17) is 10.5 Å². The van der Waals surface area contributed by atoms with Crippen LogP contribution in [-0.4, -0.2) is 24.5 Å². The number of nitrogens with one attached hydrogen (secondary N) is 1. The average Bonchev–Trinajstić information content (AvgIpc) is 2.18. The van der Waals surface area contributed by atoms with Gasteiger partial charge >= 0.3 is 0 Å². The molecule has 0 aromatic carbocycles. The number of amides is 1. The summed E-state index contributed by atoms with van der Waals surface area (Å²) >= 11 is 0. The molecule has 0 aliphatic carbocycles. The molecule has 0 radical (unpaired) electrons. The van der Waals surface area contributed by atoms with Crippen molar-refractivity contribution in [1.82, 2.24) is 10.3 Å². The molecule has 1 aromatic heterocycles. The third-order valence-corrected chi connectivity index (χ3v) is 1.60. The van der Waals surface area contributed by atoms with Gasteiger partial charge in [0.1, 0.15) is 0 Å². The molecule has 5 heteroatoms. The first-order chi connectivity index (χ1) is 6.72. The van der Waals surface area contributed by atoms with Crippen LogP contribution in [0.3, 0.4) is 0 Å². The maximum absolute atomic E-state index is 10.4. The molecule has 0 saturated carbocycles. The predicted molar refractivity (Wildman–Crippen MR) is 51.7 cm³/mol. The molecule has 0 spiro atoms. The zero-order valence-electron chi connectivity index (χ0n) is 7.99. The van der Waals surface area contributed by atoms with Gasteiger partial charge in [-0.25, -0.2) is 4.98 Å². The Kier molecular flexibility index (Phi) is 3.87. The second-order valence-electron chi connectivity index (χ2n) is 2.74. The molecular formula is C9H13N3O2. The van der Waals surface area contributed by atoms with Crippen LogP contribution in [0.15, 0.2) is 18.2 Å². The van der Waals surface area contributed by atoms with Crippen molar-refractivity contribution in [3.05, 3.63) is 23.9 Å². The van der Waals surface area contributed by atoms with Crippen molar-refractivity contribution >= 4 is 5.91 Å². The second kappa shape index (κ2) is 5.18. The lowest BCUT2D eigenvalue weighted by atomic mass is 10.3. The van der Waals surface area contributed by atoms with Crippen LogP contribution in [0.25, 0.3) is 0 Å². The number of nitrogens with zero attached hydrogens (tertiary/aromatic N) is 1. The highest BCUT2D eigenvalue weighted by Gasteiger charge is 1.98. The summed E-state index contributed by atoms with van der Waals surface area (Å²) in [5.74, 6) is 0.177. The van der Waals surface area contributed by atoms with E-state index in [0.29, 0.717) is 12.4 Å². The summed E-state index contributed by atoms with van der Waals surface area (Å²) in [7, 11) is 1.56. The number of hydrogen-bond donors (Lipinski definition) is 2. The molecule has 5 nitrogen and oxygen atoms in total. The maximum Gasteiger partial charge on any atom is 0.231 e. The van der Waals surface area contributed by atoms with E-state index in [2.05, 4.69) is 10.3 Å². The Hall–Kier alpha value is -1.62. The van der Waals surface area contributed by atoms with Gasteiger partial charge in [-0.2, -0.15) is 0 Å². The van der Waals surface area contributed by atoms with Gasteiger partial charge in [-0.3, -0.25) is 4.79 Å². The summed E-state index contributed by atoms with van der Waals surface area (Å²) in [6.07, 6.45) is 0. The third-order valence-electron chi connectivity index (χ3n) is 1.60. The van der Waals surface area contributed by atoms with Crippen LogP contribution in [-0.2, 0) is 11.3 Å². The number of hydrogen-bond acceptors (Lipinski definition) is 4. The third kappa shape index (κ3) is 3.40. The number of primary amides is 1. The molecular weight excluding hydrogens is 182 g/mol. The molecule has 0 atom stereocenters. The maximum atomic E-state index is 10.4. The van der Waals surface area contributed by atoms with Crippen molar-refractivity contribution < 1.29 is 9.53 Å². The molecule has 1 rings (SSSR count). The van der Waals surface area contributed by atoms with Gasteiger partial charge in [0.05, 0.1) is 19.3 Å². The Morgan fingerprint density at radius 3 is 3.07 bits per heavy atom. The molecule has 0 fully saturated rings. The number of nitrogens with two attached hydrogens (primary N) is 1. The molecule has 0 bridgehead atoms. The molecule has 0 unspecified atom stereocenters. The van der Waals surface area contributed by atoms with E-state index in [1.165, 1.54) is 0 Å². The second-order valence-corrected chi connectivity index (χ2v) is 2.74. The van der Waals surface area contributed by atoms with E-state index in [0.717, 1.165) is 5.69 Å². The molecule has 0 aliphatic heterocycles. The van der Waals surface area contributed by atoms with Crippen LogP contribution in [0, 0.1) is 0 Å². The molecule has 3 N–H and O–H groups in total. The number of rotatable bonds is 5. The topological polar surface area (TPSA) is 77.2 Å². The highest BCUT2D eigenvalue weighted by Crippen LogP contribution is 2.05. The van der Waals surface area contributed by atoms with E-state index >= 15 is 0 Å². The first-order valence-corrected chi connectivity index (χ1v) is 4.21. The Labute approximate surface area is 82.3 Å². The Morgan fingerprint density at radius 1 is 1.64 bits per heavy atom. The molecule has 0 saturated heterocycles. The zero-order valence-corrected chi connectivity index (χ0v) is 7.99. The molecule has 1 heterocycles. The normalized spacial score (nSPS) is 9.79. The highest BCUT2D eigenvalue weighted by atomic mass is 16.5. The molecule has 76 valence electrons. The van der Waals surface area contributed by atoms with Crippen LogP contribution in [0.5, 0.6) is 5.88 Å². The van der Waals surface area contributed by atoms with Crippen LogP contribution in [0.2, 0.25) is 0 Å². The Bertz CT molecular complexity index is 315. The van der Waals surface area contributed by atoms with Gasteiger partial charge in [0.15, 0.2) is 0 Å². The largest absolute Gasteiger partial charge is 0.481 e. The Balaban J connectivity index is 2.46. The minimum absolute atomic E-state index is 0.152. The minimum atomic E-state index is -0.382. The van der Waals surface area contributed by atoms with Crippen molar-refractivity contribution in [2.45, 2.75) is 6.54 Å². The number of pyridine rings is 1. The zero-order chi connectivity index (χ0) is 10.4. The molecule has 1 aromatic rings. The first kappa shape index (κ1) is 10.5. The van der Waals surface area contributed by atoms with Gasteiger partial charge in [0, 0.05) is 12.6 Å². The van der Waals surface area contributed by atoms with Crippen molar-refractivity contribution in [2.75, 3.05) is 13.7 Å². The SMILES string of the molecule is COc1cccc(CNCC(N)=O)n1. The van der Waals surface area contributed by atoms with Crippen LogP contribution >= 0.6 is 0 Å². The monoisotopic (exact) mass is 195 g/mol. The van der Waals surface area contributed by atoms with Crippen LogP contribution in [0.4, 0.5) is 0 Å². The summed E-state index contributed by atoms with van der Waals surface area (Å²) in [6, 6.07) is 5.45. The lowest BCUT2D eigenvalue weighted by Gasteiger charge is -2.03. The number of methoxy groups -OCH3 is 1. The van der Waals surface area contributed by atoms with Crippen molar-refractivity contribution in [3.63, 3.8) is 0 Å². The van der Waals surface area contributed by atoms with E-state index in [9.17, 15) is 4.79 Å². The van der Waals surface area contributed by atoms with E-state index < -0.39 is 0 Å². The molecule has 0 aliphatic rings. The quantitative estimate of drug-likeness (QED) is 0.674. The summed E-state index contributed by atoms with van der Waals surface area (Å²) in [4.78, 5) is 14.6. The number of aromatic nitrogens is 1. The fourth-order valence-electron chi connectivity index (χ4n) is 0.983. The number of carbonyl (C=O) groups is 1. The summed E-state index contributed by atoms with van der Waals surface area (Å²) < 4.78 is 4.95. The fraction of sp³-hybridized carbons (Fsp3) is 0.333. The van der Waals surface area contributed by atoms with Gasteiger partial charge in [-0.05, 0) is 6.07 Å². The first-order valence-electron chi connectivity index (χ1n) is 4.21. The van der Waals surface area contributed by atoms with Crippen molar-refractivity contribution in [3.8, 4) is 5.88 Å². The van der Waals surface area contributed by atoms with Gasteiger partial charge in [0.25, 0.3) is 0 Å². The van der Waals surface area contributed by atoms with E-state index in [-0.39, 0.29) is 12.5 Å². The minimum Gasteiger partial charge on any atom is -0.481 e. The van der Waals surface area contributed by atoms with Crippen LogP contribution < -0.4 is 15.8 Å². The van der Waals surface area contributed by atoms with Gasteiger partial charge in [-0.15, -0.1) is 0 Å². The summed E-state index contributed by atoms with van der Waals surface area (Å²) in [5.41, 5.74) is 5.78. The lowest BCUT2D eigenvalue weighted by Crippen LogP contribution is -2.28. The predicted octanol–water partition coefficient (Wildman–Crippen LogP) is -0.335.